The summed E-state index contributed by atoms with van der Waals surface area (Å²) in [6.45, 7) is 8.46. The van der Waals surface area contributed by atoms with E-state index in [9.17, 15) is 9.90 Å². The van der Waals surface area contributed by atoms with Gasteiger partial charge in [-0.05, 0) is 81.5 Å². The molecule has 1 saturated heterocycles. The van der Waals surface area contributed by atoms with Crippen molar-refractivity contribution in [2.24, 2.45) is 0 Å². The summed E-state index contributed by atoms with van der Waals surface area (Å²) in [6.07, 6.45) is 1.62. The number of carbonyl (C=O) groups excluding carboxylic acids is 1. The average Bonchev–Trinajstić information content (AvgIpc) is 2.61. The fraction of sp³-hybridized carbons (Fsp3) is 0.375. The Morgan fingerprint density at radius 3 is 1.75 bits per heavy atom. The Labute approximate surface area is 166 Å². The number of methoxy groups -OCH3 is 1. The first-order valence-corrected chi connectivity index (χ1v) is 9.51. The fourth-order valence-electron chi connectivity index (χ4n) is 4.18. The minimum Gasteiger partial charge on any atom is -0.508 e. The Hall–Kier alpha value is -2.59. The van der Waals surface area contributed by atoms with Crippen molar-refractivity contribution in [3.63, 3.8) is 0 Å². The van der Waals surface area contributed by atoms with E-state index in [1.54, 1.807) is 24.3 Å². The van der Waals surface area contributed by atoms with Gasteiger partial charge in [0.05, 0.1) is 23.9 Å². The molecule has 0 aliphatic carbocycles. The third kappa shape index (κ3) is 4.45. The number of phenolic OH excluding ortho intramolecular Hbond substituents is 1. The van der Waals surface area contributed by atoms with E-state index in [1.807, 2.05) is 24.3 Å². The van der Waals surface area contributed by atoms with Crippen LogP contribution in [0.5, 0.6) is 5.75 Å². The average molecular weight is 380 g/mol. The maximum Gasteiger partial charge on any atom is 0.337 e. The van der Waals surface area contributed by atoms with Crippen LogP contribution in [-0.2, 0) is 9.47 Å². The summed E-state index contributed by atoms with van der Waals surface area (Å²) in [7, 11) is 1.38. The van der Waals surface area contributed by atoms with E-state index >= 15 is 0 Å². The van der Waals surface area contributed by atoms with Crippen molar-refractivity contribution in [2.75, 3.05) is 7.11 Å². The first-order chi connectivity index (χ1) is 13.1. The molecule has 0 unspecified atom stereocenters. The molecular formula is C24H28O4. The van der Waals surface area contributed by atoms with Crippen molar-refractivity contribution in [3.05, 3.63) is 70.8 Å². The Morgan fingerprint density at radius 1 is 0.857 bits per heavy atom. The van der Waals surface area contributed by atoms with Crippen molar-refractivity contribution >= 4 is 11.5 Å². The van der Waals surface area contributed by atoms with Crippen LogP contribution in [0.2, 0.25) is 0 Å². The van der Waals surface area contributed by atoms with Crippen LogP contribution in [0, 0.1) is 0 Å². The first-order valence-electron chi connectivity index (χ1n) is 9.51. The van der Waals surface area contributed by atoms with Crippen LogP contribution in [0.4, 0.5) is 0 Å². The summed E-state index contributed by atoms with van der Waals surface area (Å²) in [5.41, 5.74) is 4.47. The number of ether oxygens (including phenoxy) is 2. The Balaban J connectivity index is 2.15. The van der Waals surface area contributed by atoms with Crippen LogP contribution in [0.3, 0.4) is 0 Å². The topological polar surface area (TPSA) is 55.8 Å². The summed E-state index contributed by atoms with van der Waals surface area (Å²) in [5, 5.41) is 9.72. The van der Waals surface area contributed by atoms with Gasteiger partial charge in [-0.25, -0.2) is 4.79 Å². The second kappa shape index (κ2) is 7.44. The largest absolute Gasteiger partial charge is 0.508 e. The van der Waals surface area contributed by atoms with E-state index in [0.717, 1.165) is 29.5 Å². The van der Waals surface area contributed by atoms with Crippen LogP contribution in [0.1, 0.15) is 62.0 Å². The van der Waals surface area contributed by atoms with E-state index < -0.39 is 0 Å². The predicted octanol–water partition coefficient (Wildman–Crippen LogP) is 5.35. The quantitative estimate of drug-likeness (QED) is 0.730. The number of carbonyl (C=O) groups is 1. The molecule has 2 aromatic carbocycles. The van der Waals surface area contributed by atoms with Crippen LogP contribution < -0.4 is 0 Å². The highest BCUT2D eigenvalue weighted by Crippen LogP contribution is 2.43. The Bertz CT molecular complexity index is 869. The lowest BCUT2D eigenvalue weighted by Crippen LogP contribution is -2.42. The lowest BCUT2D eigenvalue weighted by atomic mass is 9.79. The third-order valence-electron chi connectivity index (χ3n) is 4.94. The molecule has 1 N–H and O–H groups in total. The summed E-state index contributed by atoms with van der Waals surface area (Å²) in [6, 6.07) is 14.8. The maximum absolute atomic E-state index is 11.8. The molecular weight excluding hydrogens is 352 g/mol. The lowest BCUT2D eigenvalue weighted by Gasteiger charge is -2.43. The molecule has 0 atom stereocenters. The molecule has 0 bridgehead atoms. The van der Waals surface area contributed by atoms with Gasteiger partial charge in [0.2, 0.25) is 0 Å². The molecule has 148 valence electrons. The molecule has 2 aromatic rings. The number of benzene rings is 2. The zero-order chi connectivity index (χ0) is 20.5. The van der Waals surface area contributed by atoms with E-state index in [2.05, 4.69) is 27.7 Å². The van der Waals surface area contributed by atoms with Crippen LogP contribution in [-0.4, -0.2) is 29.4 Å². The predicted molar refractivity (Wildman–Crippen MR) is 110 cm³/mol. The number of aromatic hydroxyl groups is 1. The second-order valence-corrected chi connectivity index (χ2v) is 8.57. The van der Waals surface area contributed by atoms with Crippen LogP contribution in [0.25, 0.3) is 5.57 Å². The summed E-state index contributed by atoms with van der Waals surface area (Å²) >= 11 is 0. The number of hydrogen-bond donors (Lipinski definition) is 1. The van der Waals surface area contributed by atoms with Crippen molar-refractivity contribution in [1.82, 2.24) is 0 Å². The molecule has 4 heteroatoms. The van der Waals surface area contributed by atoms with Gasteiger partial charge in [0.15, 0.2) is 0 Å². The zero-order valence-electron chi connectivity index (χ0n) is 17.2. The van der Waals surface area contributed by atoms with E-state index in [1.165, 1.54) is 12.7 Å². The molecule has 3 rings (SSSR count). The molecule has 4 nitrogen and oxygen atoms in total. The van der Waals surface area contributed by atoms with Gasteiger partial charge >= 0.3 is 5.97 Å². The van der Waals surface area contributed by atoms with Crippen LogP contribution in [0.15, 0.2) is 54.1 Å². The molecule has 0 aromatic heterocycles. The third-order valence-corrected chi connectivity index (χ3v) is 4.94. The van der Waals surface area contributed by atoms with Gasteiger partial charge in [-0.2, -0.15) is 0 Å². The van der Waals surface area contributed by atoms with Crippen LogP contribution >= 0.6 is 0 Å². The Morgan fingerprint density at radius 2 is 1.29 bits per heavy atom. The number of esters is 1. The number of hydrogen-bond acceptors (Lipinski definition) is 4. The zero-order valence-corrected chi connectivity index (χ0v) is 17.2. The fourth-order valence-corrected chi connectivity index (χ4v) is 4.18. The van der Waals surface area contributed by atoms with E-state index in [0.29, 0.717) is 5.56 Å². The first kappa shape index (κ1) is 20.2. The van der Waals surface area contributed by atoms with E-state index in [4.69, 9.17) is 9.47 Å². The highest BCUT2D eigenvalue weighted by atomic mass is 16.5. The van der Waals surface area contributed by atoms with Crippen molar-refractivity contribution in [3.8, 4) is 5.75 Å². The van der Waals surface area contributed by atoms with Gasteiger partial charge in [0.25, 0.3) is 0 Å². The summed E-state index contributed by atoms with van der Waals surface area (Å²) in [5.74, 6) is -0.111. The number of rotatable bonds is 3. The highest BCUT2D eigenvalue weighted by Gasteiger charge is 2.37. The molecule has 0 amide bonds. The normalized spacial score (nSPS) is 17.8. The summed E-state index contributed by atoms with van der Waals surface area (Å²) < 4.78 is 11.1. The summed E-state index contributed by atoms with van der Waals surface area (Å²) in [4.78, 5) is 11.8. The molecule has 28 heavy (non-hydrogen) atoms. The minimum absolute atomic E-state index is 0.238. The minimum atomic E-state index is -0.348. The lowest BCUT2D eigenvalue weighted by molar-refractivity contribution is -0.138. The molecule has 1 fully saturated rings. The van der Waals surface area contributed by atoms with Gasteiger partial charge in [-0.1, -0.05) is 29.8 Å². The van der Waals surface area contributed by atoms with Gasteiger partial charge in [-0.3, -0.25) is 0 Å². The molecule has 1 aliphatic rings. The SMILES string of the molecule is COC(=O)c1ccc(C(=C2CC(C)(C)OC(C)(C)C2)c2ccc(O)cc2)cc1. The second-order valence-electron chi connectivity index (χ2n) is 8.57. The molecule has 0 saturated carbocycles. The maximum atomic E-state index is 11.8. The smallest absolute Gasteiger partial charge is 0.337 e. The molecule has 0 radical (unpaired) electrons. The van der Waals surface area contributed by atoms with Crippen molar-refractivity contribution in [2.45, 2.75) is 51.7 Å². The standard InChI is InChI=1S/C24H28O4/c1-23(2)14-19(15-24(3,4)28-23)21(17-10-12-20(25)13-11-17)16-6-8-18(9-7-16)22(26)27-5/h6-13,25H,14-15H2,1-5H3. The monoisotopic (exact) mass is 380 g/mol. The Kier molecular flexibility index (Phi) is 5.35. The number of phenols is 1. The van der Waals surface area contributed by atoms with Gasteiger partial charge in [0.1, 0.15) is 5.75 Å². The van der Waals surface area contributed by atoms with Crippen molar-refractivity contribution < 1.29 is 19.4 Å². The molecule has 0 spiro atoms. The van der Waals surface area contributed by atoms with Gasteiger partial charge in [-0.15, -0.1) is 0 Å². The highest BCUT2D eigenvalue weighted by molar-refractivity contribution is 5.90. The van der Waals surface area contributed by atoms with E-state index in [-0.39, 0.29) is 22.9 Å². The van der Waals surface area contributed by atoms with Gasteiger partial charge < -0.3 is 14.6 Å². The molecule has 1 heterocycles. The van der Waals surface area contributed by atoms with Crippen molar-refractivity contribution in [1.29, 1.82) is 0 Å². The van der Waals surface area contributed by atoms with Gasteiger partial charge in [0, 0.05) is 0 Å². The molecule has 1 aliphatic heterocycles.